The van der Waals surface area contributed by atoms with Gasteiger partial charge < -0.3 is 0 Å². The summed E-state index contributed by atoms with van der Waals surface area (Å²) < 4.78 is 48.8. The highest BCUT2D eigenvalue weighted by Crippen LogP contribution is 2.58. The molecule has 0 radical (unpaired) electrons. The SMILES string of the molecule is C=C(Cl)C1CC(F)(F)C1(F)F. The highest BCUT2D eigenvalue weighted by molar-refractivity contribution is 6.29. The number of hydrogen-bond acceptors (Lipinski definition) is 0. The Morgan fingerprint density at radius 3 is 1.91 bits per heavy atom. The van der Waals surface area contributed by atoms with Crippen LogP contribution in [0.2, 0.25) is 0 Å². The van der Waals surface area contributed by atoms with Gasteiger partial charge in [0.05, 0.1) is 5.92 Å². The lowest BCUT2D eigenvalue weighted by molar-refractivity contribution is -0.302. The van der Waals surface area contributed by atoms with E-state index in [0.29, 0.717) is 0 Å². The fourth-order valence-corrected chi connectivity index (χ4v) is 1.17. The van der Waals surface area contributed by atoms with Gasteiger partial charge in [0, 0.05) is 11.5 Å². The van der Waals surface area contributed by atoms with E-state index in [9.17, 15) is 17.6 Å². The lowest BCUT2D eigenvalue weighted by Gasteiger charge is -2.43. The van der Waals surface area contributed by atoms with Gasteiger partial charge in [-0.15, -0.1) is 0 Å². The van der Waals surface area contributed by atoms with Gasteiger partial charge in [-0.25, -0.2) is 0 Å². The summed E-state index contributed by atoms with van der Waals surface area (Å²) in [7, 11) is 0. The maximum Gasteiger partial charge on any atom is 0.318 e. The van der Waals surface area contributed by atoms with Crippen LogP contribution in [0.4, 0.5) is 17.6 Å². The summed E-state index contributed by atoms with van der Waals surface area (Å²) in [5.41, 5.74) is 0. The van der Waals surface area contributed by atoms with Crippen LogP contribution in [0.1, 0.15) is 6.42 Å². The lowest BCUT2D eigenvalue weighted by atomic mass is 9.77. The molecule has 64 valence electrons. The lowest BCUT2D eigenvalue weighted by Crippen LogP contribution is -2.58. The molecule has 11 heavy (non-hydrogen) atoms. The van der Waals surface area contributed by atoms with E-state index in [-0.39, 0.29) is 0 Å². The molecule has 0 aliphatic heterocycles. The monoisotopic (exact) mass is 188 g/mol. The first-order valence-corrected chi connectivity index (χ1v) is 3.27. The minimum absolute atomic E-state index is 0.402. The molecule has 0 spiro atoms. The van der Waals surface area contributed by atoms with Crippen LogP contribution < -0.4 is 0 Å². The van der Waals surface area contributed by atoms with Crippen molar-refractivity contribution in [2.75, 3.05) is 0 Å². The zero-order chi connectivity index (χ0) is 8.86. The molecule has 1 rings (SSSR count). The molecule has 0 bridgehead atoms. The van der Waals surface area contributed by atoms with Crippen molar-refractivity contribution in [3.05, 3.63) is 11.6 Å². The van der Waals surface area contributed by atoms with Crippen molar-refractivity contribution in [2.24, 2.45) is 5.92 Å². The highest BCUT2D eigenvalue weighted by atomic mass is 35.5. The van der Waals surface area contributed by atoms with E-state index in [2.05, 4.69) is 6.58 Å². The van der Waals surface area contributed by atoms with Crippen molar-refractivity contribution in [3.8, 4) is 0 Å². The van der Waals surface area contributed by atoms with E-state index in [1.54, 1.807) is 0 Å². The Bertz CT molecular complexity index is 199. The fourth-order valence-electron chi connectivity index (χ4n) is 0.952. The van der Waals surface area contributed by atoms with Crippen molar-refractivity contribution >= 4 is 11.6 Å². The number of halogens is 5. The summed E-state index contributed by atoms with van der Waals surface area (Å²) in [5.74, 6) is -9.49. The van der Waals surface area contributed by atoms with Crippen molar-refractivity contribution in [2.45, 2.75) is 18.3 Å². The molecule has 1 unspecified atom stereocenters. The number of rotatable bonds is 1. The predicted octanol–water partition coefficient (Wildman–Crippen LogP) is 3.03. The zero-order valence-electron chi connectivity index (χ0n) is 5.38. The Balaban J connectivity index is 2.77. The van der Waals surface area contributed by atoms with E-state index in [0.717, 1.165) is 0 Å². The minimum atomic E-state index is -4.01. The number of allylic oxidation sites excluding steroid dienone is 1. The summed E-state index contributed by atoms with van der Waals surface area (Å²) in [5, 5.41) is -0.402. The molecule has 0 heterocycles. The zero-order valence-corrected chi connectivity index (χ0v) is 6.14. The van der Waals surface area contributed by atoms with Crippen molar-refractivity contribution in [1.29, 1.82) is 0 Å². The van der Waals surface area contributed by atoms with Crippen LogP contribution in [0.3, 0.4) is 0 Å². The average Bonchev–Trinajstić information content (AvgIpc) is 1.82. The molecule has 1 aliphatic carbocycles. The van der Waals surface area contributed by atoms with E-state index >= 15 is 0 Å². The molecule has 1 fully saturated rings. The van der Waals surface area contributed by atoms with Gasteiger partial charge in [0.1, 0.15) is 0 Å². The molecule has 0 nitrogen and oxygen atoms in total. The molecule has 0 saturated heterocycles. The second-order valence-electron chi connectivity index (χ2n) is 2.53. The number of alkyl halides is 4. The maximum atomic E-state index is 12.3. The summed E-state index contributed by atoms with van der Waals surface area (Å²) >= 11 is 5.08. The Morgan fingerprint density at radius 2 is 1.82 bits per heavy atom. The Labute approximate surface area is 65.8 Å². The topological polar surface area (TPSA) is 0 Å². The fraction of sp³-hybridized carbons (Fsp3) is 0.667. The van der Waals surface area contributed by atoms with Crippen LogP contribution in [-0.4, -0.2) is 11.8 Å². The van der Waals surface area contributed by atoms with Crippen LogP contribution in [-0.2, 0) is 0 Å². The van der Waals surface area contributed by atoms with Crippen molar-refractivity contribution in [3.63, 3.8) is 0 Å². The molecule has 1 saturated carbocycles. The third kappa shape index (κ3) is 1.04. The average molecular weight is 189 g/mol. The molecule has 5 heteroatoms. The van der Waals surface area contributed by atoms with Crippen LogP contribution in [0, 0.1) is 5.92 Å². The molecule has 0 amide bonds. The van der Waals surface area contributed by atoms with Gasteiger partial charge in [-0.1, -0.05) is 18.2 Å². The van der Waals surface area contributed by atoms with E-state index < -0.39 is 29.2 Å². The molecule has 0 aromatic heterocycles. The van der Waals surface area contributed by atoms with Gasteiger partial charge in [-0.05, 0) is 0 Å². The van der Waals surface area contributed by atoms with Crippen LogP contribution >= 0.6 is 11.6 Å². The third-order valence-corrected chi connectivity index (χ3v) is 2.03. The third-order valence-electron chi connectivity index (χ3n) is 1.76. The molecule has 1 atom stereocenters. The highest BCUT2D eigenvalue weighted by Gasteiger charge is 2.72. The van der Waals surface area contributed by atoms with E-state index in [4.69, 9.17) is 11.6 Å². The van der Waals surface area contributed by atoms with Gasteiger partial charge in [-0.2, -0.15) is 17.6 Å². The van der Waals surface area contributed by atoms with Crippen LogP contribution in [0.25, 0.3) is 0 Å². The molecule has 0 aromatic carbocycles. The number of hydrogen-bond donors (Lipinski definition) is 0. The van der Waals surface area contributed by atoms with E-state index in [1.165, 1.54) is 0 Å². The van der Waals surface area contributed by atoms with Gasteiger partial charge in [0.15, 0.2) is 0 Å². The molecule has 0 aromatic rings. The quantitative estimate of drug-likeness (QED) is 0.555. The van der Waals surface area contributed by atoms with Gasteiger partial charge in [0.2, 0.25) is 0 Å². The smallest absolute Gasteiger partial charge is 0.200 e. The maximum absolute atomic E-state index is 12.3. The summed E-state index contributed by atoms with van der Waals surface area (Å²) in [6.07, 6.45) is -0.900. The van der Waals surface area contributed by atoms with E-state index in [1.807, 2.05) is 0 Å². The summed E-state index contributed by atoms with van der Waals surface area (Å²) in [4.78, 5) is 0. The van der Waals surface area contributed by atoms with Gasteiger partial charge in [-0.3, -0.25) is 0 Å². The largest absolute Gasteiger partial charge is 0.318 e. The van der Waals surface area contributed by atoms with Gasteiger partial charge in [0.25, 0.3) is 0 Å². The first kappa shape index (κ1) is 8.84. The second kappa shape index (κ2) is 2.12. The standard InChI is InChI=1S/C6H5ClF4/c1-3(7)4-2-5(8,9)6(4,10)11/h4H,1-2H2. The normalized spacial score (nSPS) is 32.6. The summed E-state index contributed by atoms with van der Waals surface area (Å²) in [6.45, 7) is 2.99. The summed E-state index contributed by atoms with van der Waals surface area (Å²) in [6, 6.07) is 0. The molecular formula is C6H5ClF4. The van der Waals surface area contributed by atoms with Gasteiger partial charge >= 0.3 is 11.8 Å². The predicted molar refractivity (Wildman–Crippen MR) is 33.0 cm³/mol. The Kier molecular flexibility index (Phi) is 1.71. The van der Waals surface area contributed by atoms with Crippen LogP contribution in [0.5, 0.6) is 0 Å². The minimum Gasteiger partial charge on any atom is -0.200 e. The molecular weight excluding hydrogens is 184 g/mol. The van der Waals surface area contributed by atoms with Crippen molar-refractivity contribution in [1.82, 2.24) is 0 Å². The first-order valence-electron chi connectivity index (χ1n) is 2.89. The molecule has 0 N–H and O–H groups in total. The molecule has 1 aliphatic rings. The Morgan fingerprint density at radius 1 is 1.36 bits per heavy atom. The first-order chi connectivity index (χ1) is 4.79. The van der Waals surface area contributed by atoms with Crippen LogP contribution in [0.15, 0.2) is 11.6 Å². The Hall–Kier alpha value is -0.250. The second-order valence-corrected chi connectivity index (χ2v) is 3.02. The van der Waals surface area contributed by atoms with Crippen molar-refractivity contribution < 1.29 is 17.6 Å².